The molecule has 0 aromatic carbocycles. The molecule has 0 unspecified atom stereocenters. The molecule has 2 aliphatic rings. The average Bonchev–Trinajstić information content (AvgIpc) is 3.28. The van der Waals surface area contributed by atoms with Crippen LogP contribution >= 0.6 is 11.3 Å². The molecule has 1 aromatic heterocycles. The van der Waals surface area contributed by atoms with Gasteiger partial charge in [0.15, 0.2) is 5.13 Å². The van der Waals surface area contributed by atoms with E-state index in [-0.39, 0.29) is 12.0 Å². The molecule has 0 bridgehead atoms. The van der Waals surface area contributed by atoms with Crippen molar-refractivity contribution in [2.24, 2.45) is 0 Å². The predicted molar refractivity (Wildman–Crippen MR) is 88.0 cm³/mol. The van der Waals surface area contributed by atoms with Crippen LogP contribution in [-0.4, -0.2) is 65.6 Å². The second kappa shape index (κ2) is 6.74. The van der Waals surface area contributed by atoms with Crippen LogP contribution in [0.2, 0.25) is 0 Å². The summed E-state index contributed by atoms with van der Waals surface area (Å²) in [4.78, 5) is 32.9. The van der Waals surface area contributed by atoms with Gasteiger partial charge in [0.05, 0.1) is 12.3 Å². The van der Waals surface area contributed by atoms with Gasteiger partial charge in [0.2, 0.25) is 0 Å². The van der Waals surface area contributed by atoms with E-state index in [0.29, 0.717) is 43.7 Å². The number of piperazine rings is 1. The topological polar surface area (TPSA) is 74.8 Å². The van der Waals surface area contributed by atoms with E-state index in [1.165, 1.54) is 24.2 Å². The Morgan fingerprint density at radius 1 is 1.26 bits per heavy atom. The summed E-state index contributed by atoms with van der Waals surface area (Å²) < 4.78 is 4.99. The highest BCUT2D eigenvalue weighted by Crippen LogP contribution is 2.30. The highest BCUT2D eigenvalue weighted by molar-refractivity contribution is 7.17. The minimum atomic E-state index is -0.301. The first-order valence-electron chi connectivity index (χ1n) is 8.03. The third-order valence-corrected chi connectivity index (χ3v) is 5.07. The minimum Gasteiger partial charge on any atom is -0.450 e. The Morgan fingerprint density at radius 2 is 1.91 bits per heavy atom. The Bertz CT molecular complexity index is 592. The number of hydrogen-bond donors (Lipinski definition) is 1. The van der Waals surface area contributed by atoms with E-state index in [0.717, 1.165) is 10.8 Å². The van der Waals surface area contributed by atoms with Gasteiger partial charge >= 0.3 is 6.09 Å². The van der Waals surface area contributed by atoms with Crippen molar-refractivity contribution in [2.75, 3.05) is 38.1 Å². The van der Waals surface area contributed by atoms with Crippen molar-refractivity contribution in [3.63, 3.8) is 0 Å². The number of thiazole rings is 1. The molecule has 2 amide bonds. The predicted octanol–water partition coefficient (Wildman–Crippen LogP) is 1.94. The summed E-state index contributed by atoms with van der Waals surface area (Å²) in [6.45, 7) is 6.11. The molecule has 1 saturated heterocycles. The first-order chi connectivity index (χ1) is 11.1. The minimum absolute atomic E-state index is 0.00681. The van der Waals surface area contributed by atoms with Crippen LogP contribution in [0.25, 0.3) is 0 Å². The molecule has 8 heteroatoms. The molecule has 1 saturated carbocycles. The second-order valence-electron chi connectivity index (χ2n) is 5.83. The Kier molecular flexibility index (Phi) is 4.70. The summed E-state index contributed by atoms with van der Waals surface area (Å²) in [7, 11) is 0. The number of aromatic nitrogens is 1. The van der Waals surface area contributed by atoms with E-state index < -0.39 is 0 Å². The van der Waals surface area contributed by atoms with Crippen molar-refractivity contribution in [3.8, 4) is 0 Å². The summed E-state index contributed by atoms with van der Waals surface area (Å²) in [5.41, 5.74) is 0.774. The maximum Gasteiger partial charge on any atom is 0.409 e. The van der Waals surface area contributed by atoms with Gasteiger partial charge in [-0.1, -0.05) is 11.3 Å². The lowest BCUT2D eigenvalue weighted by Crippen LogP contribution is -2.50. The van der Waals surface area contributed by atoms with Crippen molar-refractivity contribution in [1.82, 2.24) is 14.8 Å². The van der Waals surface area contributed by atoms with Gasteiger partial charge < -0.3 is 19.9 Å². The van der Waals surface area contributed by atoms with Gasteiger partial charge in [-0.3, -0.25) is 4.79 Å². The average molecular weight is 338 g/mol. The highest BCUT2D eigenvalue weighted by atomic mass is 32.1. The van der Waals surface area contributed by atoms with Crippen LogP contribution in [-0.2, 0) is 4.74 Å². The van der Waals surface area contributed by atoms with Crippen molar-refractivity contribution in [1.29, 1.82) is 0 Å². The van der Waals surface area contributed by atoms with Crippen LogP contribution in [0.15, 0.2) is 0 Å². The number of aryl methyl sites for hydroxylation is 1. The first kappa shape index (κ1) is 16.0. The molecule has 1 aromatic rings. The lowest BCUT2D eigenvalue weighted by atomic mass is 10.3. The molecule has 1 N–H and O–H groups in total. The molecule has 2 heterocycles. The maximum absolute atomic E-state index is 12.7. The lowest BCUT2D eigenvalue weighted by molar-refractivity contribution is 0.0573. The zero-order chi connectivity index (χ0) is 16.4. The van der Waals surface area contributed by atoms with Crippen molar-refractivity contribution >= 4 is 28.5 Å². The first-order valence-corrected chi connectivity index (χ1v) is 8.85. The molecule has 7 nitrogen and oxygen atoms in total. The van der Waals surface area contributed by atoms with Crippen LogP contribution in [0.3, 0.4) is 0 Å². The monoisotopic (exact) mass is 338 g/mol. The molecule has 1 aliphatic carbocycles. The molecule has 1 aliphatic heterocycles. The van der Waals surface area contributed by atoms with Gasteiger partial charge in [-0.25, -0.2) is 9.78 Å². The maximum atomic E-state index is 12.7. The zero-order valence-corrected chi connectivity index (χ0v) is 14.3. The molecule has 3 rings (SSSR count). The SMILES string of the molecule is CCOC(=O)N1CCN(C(=O)c2sc(NC3CC3)nc2C)CC1. The molecule has 0 atom stereocenters. The van der Waals surface area contributed by atoms with E-state index in [1.807, 2.05) is 6.92 Å². The molecule has 0 radical (unpaired) electrons. The van der Waals surface area contributed by atoms with Crippen LogP contribution in [0.4, 0.5) is 9.93 Å². The molecule has 0 spiro atoms. The largest absolute Gasteiger partial charge is 0.450 e. The van der Waals surface area contributed by atoms with Gasteiger partial charge in [-0.2, -0.15) is 0 Å². The third kappa shape index (κ3) is 3.74. The second-order valence-corrected chi connectivity index (χ2v) is 6.83. The van der Waals surface area contributed by atoms with E-state index in [1.54, 1.807) is 16.7 Å². The number of anilines is 1. The van der Waals surface area contributed by atoms with Gasteiger partial charge in [0.1, 0.15) is 4.88 Å². The van der Waals surface area contributed by atoms with E-state index in [2.05, 4.69) is 10.3 Å². The van der Waals surface area contributed by atoms with Gasteiger partial charge in [-0.15, -0.1) is 0 Å². The van der Waals surface area contributed by atoms with Crippen molar-refractivity contribution < 1.29 is 14.3 Å². The number of nitrogens with one attached hydrogen (secondary N) is 1. The van der Waals surface area contributed by atoms with Crippen LogP contribution in [0.5, 0.6) is 0 Å². The number of rotatable bonds is 4. The quantitative estimate of drug-likeness (QED) is 0.908. The van der Waals surface area contributed by atoms with Gasteiger partial charge in [-0.05, 0) is 26.7 Å². The molecule has 23 heavy (non-hydrogen) atoms. The molecular formula is C15H22N4O3S. The summed E-state index contributed by atoms with van der Waals surface area (Å²) in [6, 6.07) is 0.525. The van der Waals surface area contributed by atoms with Gasteiger partial charge in [0, 0.05) is 32.2 Å². The lowest BCUT2D eigenvalue weighted by Gasteiger charge is -2.33. The molecular weight excluding hydrogens is 316 g/mol. The zero-order valence-electron chi connectivity index (χ0n) is 13.5. The molecule has 126 valence electrons. The summed E-state index contributed by atoms with van der Waals surface area (Å²) >= 11 is 1.43. The van der Waals surface area contributed by atoms with Crippen LogP contribution in [0, 0.1) is 6.92 Å². The summed E-state index contributed by atoms with van der Waals surface area (Å²) in [6.07, 6.45) is 2.06. The van der Waals surface area contributed by atoms with Gasteiger partial charge in [0.25, 0.3) is 5.91 Å². The molecule has 2 fully saturated rings. The van der Waals surface area contributed by atoms with E-state index in [9.17, 15) is 9.59 Å². The van der Waals surface area contributed by atoms with E-state index >= 15 is 0 Å². The fourth-order valence-corrected chi connectivity index (χ4v) is 3.52. The Morgan fingerprint density at radius 3 is 2.52 bits per heavy atom. The van der Waals surface area contributed by atoms with Crippen LogP contribution in [0.1, 0.15) is 35.1 Å². The Hall–Kier alpha value is -1.83. The number of amides is 2. The highest BCUT2D eigenvalue weighted by Gasteiger charge is 2.29. The fourth-order valence-electron chi connectivity index (χ4n) is 2.51. The smallest absolute Gasteiger partial charge is 0.409 e. The normalized spacial score (nSPS) is 18.0. The number of hydrogen-bond acceptors (Lipinski definition) is 6. The number of nitrogens with zero attached hydrogens (tertiary/aromatic N) is 3. The number of carbonyl (C=O) groups excluding carboxylic acids is 2. The summed E-state index contributed by atoms with van der Waals surface area (Å²) in [5.74, 6) is 0.00681. The Balaban J connectivity index is 1.58. The summed E-state index contributed by atoms with van der Waals surface area (Å²) in [5, 5.41) is 4.17. The number of carbonyl (C=O) groups is 2. The fraction of sp³-hybridized carbons (Fsp3) is 0.667. The van der Waals surface area contributed by atoms with E-state index in [4.69, 9.17) is 4.74 Å². The standard InChI is InChI=1S/C15H22N4O3S/c1-3-22-15(21)19-8-6-18(7-9-19)13(20)12-10(2)16-14(23-12)17-11-4-5-11/h11H,3-9H2,1-2H3,(H,16,17). The van der Waals surface area contributed by atoms with Crippen LogP contribution < -0.4 is 5.32 Å². The van der Waals surface area contributed by atoms with Crippen molar-refractivity contribution in [2.45, 2.75) is 32.7 Å². The Labute approximate surface area is 139 Å². The third-order valence-electron chi connectivity index (χ3n) is 3.99. The number of ether oxygens (including phenoxy) is 1. The van der Waals surface area contributed by atoms with Crippen molar-refractivity contribution in [3.05, 3.63) is 10.6 Å².